The van der Waals surface area contributed by atoms with Crippen LogP contribution in [0.2, 0.25) is 0 Å². The molecular weight excluding hydrogens is 431 g/mol. The Kier molecular flexibility index (Phi) is 6.84. The summed E-state index contributed by atoms with van der Waals surface area (Å²) in [6.07, 6.45) is 10.0. The van der Waals surface area contributed by atoms with E-state index in [1.54, 1.807) is 0 Å². The monoisotopic (exact) mass is 459 g/mol. The fourth-order valence-corrected chi connectivity index (χ4v) is 8.22. The van der Waals surface area contributed by atoms with Crippen LogP contribution in [-0.4, -0.2) is 6.35 Å². The fourth-order valence-electron chi connectivity index (χ4n) is 4.51. The van der Waals surface area contributed by atoms with Gasteiger partial charge in [0.1, 0.15) is 21.7 Å². The highest BCUT2D eigenvalue weighted by molar-refractivity contribution is 7.95. The van der Waals surface area contributed by atoms with Crippen LogP contribution in [0.25, 0.3) is 5.76 Å². The molecule has 0 aromatic heterocycles. The Morgan fingerprint density at radius 2 is 1.06 bits per heavy atom. The van der Waals surface area contributed by atoms with Gasteiger partial charge >= 0.3 is 0 Å². The van der Waals surface area contributed by atoms with E-state index in [1.165, 1.54) is 21.5 Å². The zero-order valence-corrected chi connectivity index (χ0v) is 20.0. The van der Waals surface area contributed by atoms with Crippen LogP contribution in [0.1, 0.15) is 12.0 Å². The van der Waals surface area contributed by atoms with Gasteiger partial charge in [-0.1, -0.05) is 109 Å². The van der Waals surface area contributed by atoms with Crippen LogP contribution in [0, 0.1) is 0 Å². The predicted octanol–water partition coefficient (Wildman–Crippen LogP) is 6.88. The van der Waals surface area contributed by atoms with Crippen molar-refractivity contribution in [3.05, 3.63) is 157 Å². The summed E-state index contributed by atoms with van der Waals surface area (Å²) in [5, 5.41) is 3.97. The summed E-state index contributed by atoms with van der Waals surface area (Å²) in [5.74, 6) is 0.966. The number of benzene rings is 4. The van der Waals surface area contributed by atoms with Gasteiger partial charge in [0.25, 0.3) is 0 Å². The van der Waals surface area contributed by atoms with E-state index in [-0.39, 0.29) is 0 Å². The highest BCUT2D eigenvalue weighted by Crippen LogP contribution is 2.56. The molecule has 4 aromatic rings. The molecular formula is C32H28OP+. The highest BCUT2D eigenvalue weighted by atomic mass is 31.2. The Bertz CT molecular complexity index is 1190. The van der Waals surface area contributed by atoms with Gasteiger partial charge < -0.3 is 4.74 Å². The van der Waals surface area contributed by atoms with Crippen LogP contribution in [0.4, 0.5) is 0 Å². The Labute approximate surface area is 203 Å². The molecule has 0 N–H and O–H groups in total. The van der Waals surface area contributed by atoms with Gasteiger partial charge in [-0.05, 0) is 48.4 Å². The third-order valence-electron chi connectivity index (χ3n) is 6.20. The van der Waals surface area contributed by atoms with E-state index < -0.39 is 7.26 Å². The minimum Gasteiger partial charge on any atom is -0.457 e. The Morgan fingerprint density at radius 3 is 1.50 bits per heavy atom. The number of rotatable bonds is 7. The largest absolute Gasteiger partial charge is 0.457 e. The summed E-state index contributed by atoms with van der Waals surface area (Å²) >= 11 is 0. The SMILES string of the molecule is C1=CCC(=C(OC[P+](c2ccccc2)(c2ccccc2)c2ccccc2)c2ccccc2)C=C1. The van der Waals surface area contributed by atoms with E-state index in [0.717, 1.165) is 17.7 Å². The van der Waals surface area contributed by atoms with E-state index in [4.69, 9.17) is 4.74 Å². The maximum absolute atomic E-state index is 6.94. The molecule has 34 heavy (non-hydrogen) atoms. The summed E-state index contributed by atoms with van der Waals surface area (Å²) in [7, 11) is -2.08. The molecule has 0 atom stereocenters. The van der Waals surface area contributed by atoms with Crippen molar-refractivity contribution in [3.63, 3.8) is 0 Å². The third-order valence-corrected chi connectivity index (χ3v) is 10.3. The molecule has 5 rings (SSSR count). The molecule has 0 aliphatic heterocycles. The maximum atomic E-state index is 6.94. The van der Waals surface area contributed by atoms with Gasteiger partial charge in [-0.25, -0.2) is 0 Å². The van der Waals surface area contributed by atoms with Crippen molar-refractivity contribution in [2.45, 2.75) is 6.42 Å². The third kappa shape index (κ3) is 4.53. The van der Waals surface area contributed by atoms with E-state index in [9.17, 15) is 0 Å². The molecule has 0 amide bonds. The Morgan fingerprint density at radius 1 is 0.588 bits per heavy atom. The zero-order chi connectivity index (χ0) is 23.1. The molecule has 0 spiro atoms. The molecule has 0 fully saturated rings. The summed E-state index contributed by atoms with van der Waals surface area (Å²) in [4.78, 5) is 0. The van der Waals surface area contributed by atoms with Crippen molar-refractivity contribution in [3.8, 4) is 0 Å². The van der Waals surface area contributed by atoms with E-state index in [0.29, 0.717) is 6.35 Å². The van der Waals surface area contributed by atoms with Crippen molar-refractivity contribution in [2.75, 3.05) is 6.35 Å². The summed E-state index contributed by atoms with van der Waals surface area (Å²) in [6, 6.07) is 43.2. The molecule has 166 valence electrons. The first-order valence-electron chi connectivity index (χ1n) is 11.7. The van der Waals surface area contributed by atoms with Crippen molar-refractivity contribution < 1.29 is 4.74 Å². The maximum Gasteiger partial charge on any atom is 0.210 e. The first-order valence-corrected chi connectivity index (χ1v) is 13.6. The first-order chi connectivity index (χ1) is 16.9. The molecule has 0 heterocycles. The normalized spacial score (nSPS) is 14.6. The van der Waals surface area contributed by atoms with E-state index in [2.05, 4.69) is 146 Å². The summed E-state index contributed by atoms with van der Waals surface area (Å²) < 4.78 is 6.94. The molecule has 2 heteroatoms. The van der Waals surface area contributed by atoms with Crippen LogP contribution in [0.5, 0.6) is 0 Å². The minimum atomic E-state index is -2.08. The van der Waals surface area contributed by atoms with Crippen molar-refractivity contribution >= 4 is 28.9 Å². The van der Waals surface area contributed by atoms with Crippen LogP contribution >= 0.6 is 7.26 Å². The molecule has 1 aliphatic rings. The van der Waals surface area contributed by atoms with Crippen molar-refractivity contribution in [1.82, 2.24) is 0 Å². The van der Waals surface area contributed by atoms with Gasteiger partial charge in [0, 0.05) is 5.56 Å². The Balaban J connectivity index is 1.67. The van der Waals surface area contributed by atoms with Crippen LogP contribution in [-0.2, 0) is 4.74 Å². The second kappa shape index (κ2) is 10.5. The van der Waals surface area contributed by atoms with Crippen LogP contribution in [0.15, 0.2) is 151 Å². The lowest BCUT2D eigenvalue weighted by Crippen LogP contribution is -2.34. The quantitative estimate of drug-likeness (QED) is 0.216. The lowest BCUT2D eigenvalue weighted by Gasteiger charge is -2.28. The molecule has 1 nitrogen and oxygen atoms in total. The average molecular weight is 460 g/mol. The molecule has 0 bridgehead atoms. The number of hydrogen-bond donors (Lipinski definition) is 0. The number of ether oxygens (including phenoxy) is 1. The van der Waals surface area contributed by atoms with Gasteiger partial charge in [0.15, 0.2) is 7.26 Å². The standard InChI is InChI=1S/C32H28OP/c1-6-16-27(17-7-1)32(28-18-8-2-9-19-28)33-26-34(29-20-10-3-11-21-29,30-22-12-4-13-23-30)31-24-14-5-15-25-31/h1-18,20-25H,19,26H2/q+1. The second-order valence-corrected chi connectivity index (χ2v) is 11.7. The highest BCUT2D eigenvalue weighted by Gasteiger charge is 2.46. The predicted molar refractivity (Wildman–Crippen MR) is 147 cm³/mol. The summed E-state index contributed by atoms with van der Waals surface area (Å²) in [6.45, 7) is 0. The van der Waals surface area contributed by atoms with Gasteiger partial charge in [-0.3, -0.25) is 0 Å². The van der Waals surface area contributed by atoms with Gasteiger partial charge in [0.2, 0.25) is 6.35 Å². The second-order valence-electron chi connectivity index (χ2n) is 8.30. The molecule has 4 aromatic carbocycles. The Hall–Kier alpha value is -3.67. The van der Waals surface area contributed by atoms with E-state index >= 15 is 0 Å². The lowest BCUT2D eigenvalue weighted by molar-refractivity contribution is 0.341. The van der Waals surface area contributed by atoms with Crippen molar-refractivity contribution in [2.24, 2.45) is 0 Å². The smallest absolute Gasteiger partial charge is 0.210 e. The minimum absolute atomic E-state index is 0.594. The van der Waals surface area contributed by atoms with Gasteiger partial charge in [0.05, 0.1) is 0 Å². The molecule has 0 unspecified atom stereocenters. The molecule has 0 saturated carbocycles. The molecule has 0 radical (unpaired) electrons. The number of allylic oxidation sites excluding steroid dienone is 5. The van der Waals surface area contributed by atoms with E-state index in [1.807, 2.05) is 0 Å². The summed E-state index contributed by atoms with van der Waals surface area (Å²) in [5.41, 5.74) is 2.32. The van der Waals surface area contributed by atoms with Crippen LogP contribution in [0.3, 0.4) is 0 Å². The molecule has 0 saturated heterocycles. The molecule has 1 aliphatic carbocycles. The topological polar surface area (TPSA) is 9.23 Å². The van der Waals surface area contributed by atoms with Crippen LogP contribution < -0.4 is 15.9 Å². The van der Waals surface area contributed by atoms with Gasteiger partial charge in [-0.15, -0.1) is 0 Å². The van der Waals surface area contributed by atoms with Gasteiger partial charge in [-0.2, -0.15) is 0 Å². The first kappa shape index (κ1) is 22.1. The number of hydrogen-bond acceptors (Lipinski definition) is 1. The fraction of sp³-hybridized carbons (Fsp3) is 0.0625. The van der Waals surface area contributed by atoms with Crippen molar-refractivity contribution in [1.29, 1.82) is 0 Å². The lowest BCUT2D eigenvalue weighted by atomic mass is 10.0. The zero-order valence-electron chi connectivity index (χ0n) is 19.1. The average Bonchev–Trinajstić information content (AvgIpc) is 2.94.